The second-order valence-corrected chi connectivity index (χ2v) is 13.2. The van der Waals surface area contributed by atoms with Crippen LogP contribution in [0.2, 0.25) is 0 Å². The number of ether oxygens (including phenoxy) is 1. The minimum Gasteiger partial charge on any atom is -0.504 e. The first kappa shape index (κ1) is 24.0. The summed E-state index contributed by atoms with van der Waals surface area (Å²) in [4.78, 5) is 18.4. The molecule has 2 aromatic rings. The number of aliphatic hydroxyl groups is 2. The van der Waals surface area contributed by atoms with Gasteiger partial charge in [0.05, 0.1) is 5.41 Å². The first-order chi connectivity index (χ1) is 18.8. The lowest BCUT2D eigenvalue weighted by Gasteiger charge is -2.70. The molecule has 2 aliphatic heterocycles. The monoisotopic (exact) mass is 528 g/mol. The van der Waals surface area contributed by atoms with Crippen molar-refractivity contribution < 1.29 is 24.9 Å². The summed E-state index contributed by atoms with van der Waals surface area (Å²) in [5, 5.41) is 33.6. The number of fused-ring (bicyclic) bond motifs is 1. The van der Waals surface area contributed by atoms with Gasteiger partial charge in [0.25, 0.3) is 5.91 Å². The molecule has 3 N–H and O–H groups in total. The van der Waals surface area contributed by atoms with Crippen molar-refractivity contribution in [3.8, 4) is 11.5 Å². The van der Waals surface area contributed by atoms with E-state index in [9.17, 15) is 20.1 Å². The average molecular weight is 529 g/mol. The maximum Gasteiger partial charge on any atom is 0.252 e. The molecule has 3 fully saturated rings. The van der Waals surface area contributed by atoms with E-state index in [1.54, 1.807) is 18.0 Å². The summed E-state index contributed by atoms with van der Waals surface area (Å²) < 4.78 is 6.62. The van der Waals surface area contributed by atoms with Gasteiger partial charge in [-0.3, -0.25) is 9.69 Å². The summed E-state index contributed by atoms with van der Waals surface area (Å²) >= 11 is 0. The Morgan fingerprint density at radius 3 is 2.64 bits per heavy atom. The average Bonchev–Trinajstić information content (AvgIpc) is 3.62. The van der Waals surface area contributed by atoms with E-state index < -0.39 is 22.5 Å². The number of aromatic hydroxyl groups is 1. The first-order valence-electron chi connectivity index (χ1n) is 14.4. The van der Waals surface area contributed by atoms with Crippen LogP contribution in [0.5, 0.6) is 11.5 Å². The molecule has 1 amide bonds. The fourth-order valence-electron chi connectivity index (χ4n) is 9.25. The number of hydrogen-bond donors (Lipinski definition) is 3. The van der Waals surface area contributed by atoms with Gasteiger partial charge in [0.2, 0.25) is 0 Å². The number of rotatable bonds is 6. The van der Waals surface area contributed by atoms with E-state index in [-0.39, 0.29) is 29.7 Å². The van der Waals surface area contributed by atoms with Crippen molar-refractivity contribution in [1.29, 1.82) is 0 Å². The van der Waals surface area contributed by atoms with Crippen molar-refractivity contribution in [2.24, 2.45) is 10.8 Å². The molecule has 7 aliphatic rings. The number of piperidine rings is 1. The minimum absolute atomic E-state index is 0.0184. The van der Waals surface area contributed by atoms with E-state index in [4.69, 9.17) is 4.74 Å². The zero-order chi connectivity index (χ0) is 26.8. The normalized spacial score (nSPS) is 36.1. The van der Waals surface area contributed by atoms with Crippen LogP contribution < -0.4 is 4.74 Å². The molecule has 2 spiro atoms. The number of carbonyl (C=O) groups is 1. The predicted octanol–water partition coefficient (Wildman–Crippen LogP) is 2.90. The molecule has 7 heteroatoms. The number of aliphatic hydroxyl groups excluding tert-OH is 1. The van der Waals surface area contributed by atoms with Gasteiger partial charge in [-0.1, -0.05) is 42.5 Å². The van der Waals surface area contributed by atoms with Crippen molar-refractivity contribution in [2.75, 3.05) is 26.7 Å². The largest absolute Gasteiger partial charge is 0.504 e. The molecule has 204 valence electrons. The van der Waals surface area contributed by atoms with E-state index in [2.05, 4.69) is 11.0 Å². The second-order valence-electron chi connectivity index (χ2n) is 13.2. The molecule has 0 aromatic heterocycles. The second kappa shape index (κ2) is 7.65. The number of phenolic OH excluding ortho intramolecular Hbond substituents is 1. The third-order valence-electron chi connectivity index (χ3n) is 11.3. The smallest absolute Gasteiger partial charge is 0.252 e. The van der Waals surface area contributed by atoms with Crippen molar-refractivity contribution in [1.82, 2.24) is 9.80 Å². The summed E-state index contributed by atoms with van der Waals surface area (Å²) in [7, 11) is 1.80. The summed E-state index contributed by atoms with van der Waals surface area (Å²) in [5.74, 6) is 0.453. The van der Waals surface area contributed by atoms with Crippen LogP contribution in [-0.4, -0.2) is 75.5 Å². The van der Waals surface area contributed by atoms with E-state index >= 15 is 0 Å². The molecular formula is C32H36N2O5. The fraction of sp³-hybridized carbons (Fsp3) is 0.531. The molecule has 2 aromatic carbocycles. The molecule has 9 rings (SSSR count). The van der Waals surface area contributed by atoms with Crippen LogP contribution >= 0.6 is 0 Å². The maximum absolute atomic E-state index is 14.1. The van der Waals surface area contributed by atoms with Gasteiger partial charge < -0.3 is 25.0 Å². The van der Waals surface area contributed by atoms with E-state index in [0.29, 0.717) is 24.3 Å². The third kappa shape index (κ3) is 2.86. The third-order valence-corrected chi connectivity index (χ3v) is 11.3. The van der Waals surface area contributed by atoms with Crippen molar-refractivity contribution in [3.05, 3.63) is 70.8 Å². The van der Waals surface area contributed by atoms with Gasteiger partial charge in [-0.2, -0.15) is 0 Å². The maximum atomic E-state index is 14.1. The molecule has 7 nitrogen and oxygen atoms in total. The zero-order valence-electron chi connectivity index (χ0n) is 22.4. The molecular weight excluding hydrogens is 492 g/mol. The van der Waals surface area contributed by atoms with E-state index in [0.717, 1.165) is 56.3 Å². The number of carbonyl (C=O) groups excluding carboxylic acids is 1. The molecule has 39 heavy (non-hydrogen) atoms. The number of nitrogens with zero attached hydrogens (tertiary/aromatic N) is 2. The zero-order valence-corrected chi connectivity index (χ0v) is 22.4. The quantitative estimate of drug-likeness (QED) is 0.534. The molecule has 5 atom stereocenters. The Morgan fingerprint density at radius 2 is 1.90 bits per heavy atom. The van der Waals surface area contributed by atoms with Crippen molar-refractivity contribution in [3.63, 3.8) is 0 Å². The van der Waals surface area contributed by atoms with Crippen LogP contribution in [0, 0.1) is 10.8 Å². The van der Waals surface area contributed by atoms with Crippen molar-refractivity contribution >= 4 is 5.91 Å². The fourth-order valence-corrected chi connectivity index (χ4v) is 9.25. The summed E-state index contributed by atoms with van der Waals surface area (Å²) in [6, 6.07) is 13.8. The molecule has 0 unspecified atom stereocenters. The van der Waals surface area contributed by atoms with Crippen LogP contribution in [0.25, 0.3) is 0 Å². The molecule has 4 bridgehead atoms. The van der Waals surface area contributed by atoms with Gasteiger partial charge in [0, 0.05) is 54.8 Å². The molecule has 5 aliphatic carbocycles. The highest BCUT2D eigenvalue weighted by atomic mass is 16.5. The molecule has 2 heterocycles. The minimum atomic E-state index is -1.43. The highest BCUT2D eigenvalue weighted by Gasteiger charge is 2.79. The topological polar surface area (TPSA) is 93.5 Å². The predicted molar refractivity (Wildman–Crippen MR) is 144 cm³/mol. The van der Waals surface area contributed by atoms with Gasteiger partial charge >= 0.3 is 0 Å². The number of hydrogen-bond acceptors (Lipinski definition) is 6. The SMILES string of the molecule is CN(Cc1ccccc1)C(=O)C1=C[C@@]23CC[C@]1(O)[C@@H]1Oc4c(O)ccc5c4[C@@]12CCN(CC1(CO)CC1)[C@@H]3C5. The number of amides is 1. The number of likely N-dealkylation sites (tertiary alicyclic amines) is 1. The number of phenols is 1. The Morgan fingerprint density at radius 1 is 1.10 bits per heavy atom. The lowest BCUT2D eigenvalue weighted by Crippen LogP contribution is -2.78. The molecule has 2 saturated carbocycles. The Balaban J connectivity index is 1.27. The Labute approximate surface area is 228 Å². The highest BCUT2D eigenvalue weighted by Crippen LogP contribution is 2.74. The van der Waals surface area contributed by atoms with Crippen molar-refractivity contribution in [2.45, 2.75) is 68.2 Å². The summed E-state index contributed by atoms with van der Waals surface area (Å²) in [5.41, 5.74) is 1.39. The van der Waals surface area contributed by atoms with Crippen LogP contribution in [0.3, 0.4) is 0 Å². The van der Waals surface area contributed by atoms with Gasteiger partial charge in [0.1, 0.15) is 11.7 Å². The Bertz CT molecular complexity index is 1420. The van der Waals surface area contributed by atoms with Crippen LogP contribution in [0.1, 0.15) is 48.8 Å². The van der Waals surface area contributed by atoms with Crippen LogP contribution in [0.15, 0.2) is 54.1 Å². The Hall–Kier alpha value is -2.87. The Kier molecular flexibility index (Phi) is 4.70. The van der Waals surface area contributed by atoms with Crippen LogP contribution in [0.4, 0.5) is 0 Å². The lowest BCUT2D eigenvalue weighted by molar-refractivity contribution is -0.189. The van der Waals surface area contributed by atoms with Gasteiger partial charge in [-0.25, -0.2) is 0 Å². The van der Waals surface area contributed by atoms with Crippen LogP contribution in [-0.2, 0) is 23.2 Å². The van der Waals surface area contributed by atoms with Gasteiger partial charge in [-0.05, 0) is 62.3 Å². The molecule has 1 saturated heterocycles. The lowest BCUT2D eigenvalue weighted by atomic mass is 9.38. The molecule has 0 radical (unpaired) electrons. The number of likely N-dealkylation sites (N-methyl/N-ethyl adjacent to an activating group) is 1. The van der Waals surface area contributed by atoms with E-state index in [1.165, 1.54) is 5.56 Å². The van der Waals surface area contributed by atoms with Gasteiger partial charge in [0.15, 0.2) is 11.5 Å². The summed E-state index contributed by atoms with van der Waals surface area (Å²) in [6.07, 6.45) is 6.45. The standard InChI is InChI=1S/C32H36N2O5/c1-33(17-20-5-3-2-4-6-20)27(37)22-16-30-11-12-32(22,38)28-31(30)13-14-34(18-29(19-35)9-10-29)24(30)15-21-7-8-23(36)26(39-28)25(21)31/h2-8,16,24,28,35-36,38H,9-15,17-19H2,1H3/t24-,28-,30-,31+,32-/m1/s1. The first-order valence-corrected chi connectivity index (χ1v) is 14.4. The highest BCUT2D eigenvalue weighted by molar-refractivity contribution is 5.97. The number of benzene rings is 2. The van der Waals surface area contributed by atoms with Gasteiger partial charge in [-0.15, -0.1) is 0 Å². The van der Waals surface area contributed by atoms with E-state index in [1.807, 2.05) is 36.4 Å². The summed E-state index contributed by atoms with van der Waals surface area (Å²) in [6.45, 7) is 2.37.